The zero-order valence-corrected chi connectivity index (χ0v) is 61.2. The molecule has 2 aromatic carbocycles. The molecule has 29 nitrogen and oxygen atoms in total. The van der Waals surface area contributed by atoms with Crippen LogP contribution in [0.4, 0.5) is 22.8 Å². The molecule has 2 saturated heterocycles. The minimum Gasteiger partial charge on any atom is -1.00 e. The number of thiophene rings is 2. The number of esters is 1. The Morgan fingerprint density at radius 3 is 1.33 bits per heavy atom. The van der Waals surface area contributed by atoms with E-state index in [0.29, 0.717) is 62.5 Å². The van der Waals surface area contributed by atoms with Crippen LogP contribution in [-0.2, 0) is 62.4 Å². The molecule has 8 aromatic rings. The second-order valence-electron chi connectivity index (χ2n) is 22.0. The van der Waals surface area contributed by atoms with Gasteiger partial charge in [-0.3, -0.25) is 23.5 Å². The molecule has 0 unspecified atom stereocenters. The molecule has 6 aromatic heterocycles. The van der Waals surface area contributed by atoms with Crippen molar-refractivity contribution in [3.05, 3.63) is 150 Å². The van der Waals surface area contributed by atoms with E-state index in [4.69, 9.17) is 33.5 Å². The minimum absolute atomic E-state index is 0. The molecule has 0 aliphatic carbocycles. The van der Waals surface area contributed by atoms with Gasteiger partial charge >= 0.3 is 150 Å². The molecular weight excluding hydrogens is 1370 g/mol. The van der Waals surface area contributed by atoms with Gasteiger partial charge in [-0.05, 0) is 76.6 Å². The number of carboxylic acid groups (broad SMARTS) is 2. The van der Waals surface area contributed by atoms with Crippen molar-refractivity contribution in [2.45, 2.75) is 122 Å². The van der Waals surface area contributed by atoms with Crippen molar-refractivity contribution in [2.24, 2.45) is 0 Å². The van der Waals surface area contributed by atoms with Gasteiger partial charge in [-0.15, -0.1) is 22.7 Å². The van der Waals surface area contributed by atoms with Gasteiger partial charge in [0.1, 0.15) is 51.6 Å². The summed E-state index contributed by atoms with van der Waals surface area (Å²) in [6.07, 6.45) is -3.85. The van der Waals surface area contributed by atoms with Crippen LogP contribution in [0.1, 0.15) is 89.3 Å². The Balaban J connectivity index is 0.000000373. The van der Waals surface area contributed by atoms with Crippen molar-refractivity contribution in [1.82, 2.24) is 38.0 Å². The Bertz CT molecular complexity index is 4260. The Morgan fingerprint density at radius 1 is 0.667 bits per heavy atom. The number of ether oxygens (including phenoxy) is 3. The molecule has 0 saturated carbocycles. The van der Waals surface area contributed by atoms with E-state index in [9.17, 15) is 71.6 Å². The zero-order chi connectivity index (χ0) is 69.1. The molecule has 2 fully saturated rings. The largest absolute Gasteiger partial charge is 1.00 e. The molecule has 96 heavy (non-hydrogen) atoms. The fraction of sp³-hybridized carbons (Fsp3) is 0.400. The smallest absolute Gasteiger partial charge is 1.00 e. The number of piperidine rings is 2. The number of aliphatic hydroxyl groups is 2. The van der Waals surface area contributed by atoms with Crippen LogP contribution in [0.15, 0.2) is 114 Å². The molecule has 2 aliphatic heterocycles. The van der Waals surface area contributed by atoms with Gasteiger partial charge in [-0.1, -0.05) is 60.7 Å². The SMILES string of the molecule is CO.Cc1c(-c2ncco2)sc2c1c(=O)n(C(C)(C)C(=O)O)c(=O)n2C[C@H](OC(=O)N1CCC(O)CC1)c1ccccc1.Cc1c(-c2ncco2)sc2c1c(=O)n(C(C)(C)C(=O)O)c(=O)n2C[C@H](OC(=O)N1CCC(OC(=O)C(F)(F)F)CC1)c1ccccc1.O=CO[O-].[H-].[K+].[K+]. The van der Waals surface area contributed by atoms with E-state index in [1.807, 2.05) is 0 Å². The van der Waals surface area contributed by atoms with Crippen LogP contribution in [0, 0.1) is 13.8 Å². The maximum Gasteiger partial charge on any atom is 1.00 e. The monoisotopic (exact) mass is 1430 g/mol. The third-order valence-corrected chi connectivity index (χ3v) is 17.9. The van der Waals surface area contributed by atoms with E-state index in [-0.39, 0.29) is 182 Å². The molecule has 2 amide bonds. The number of rotatable bonds is 16. The number of aryl methyl sites for hydroxylation is 2. The number of aliphatic carboxylic acids is 2. The van der Waals surface area contributed by atoms with Gasteiger partial charge in [-0.25, -0.2) is 52.7 Å². The molecule has 0 bridgehead atoms. The van der Waals surface area contributed by atoms with Crippen molar-refractivity contribution in [1.29, 1.82) is 0 Å². The van der Waals surface area contributed by atoms with Crippen molar-refractivity contribution < 1.29 is 200 Å². The van der Waals surface area contributed by atoms with Gasteiger partial charge in [0, 0.05) is 46.1 Å². The first-order valence-electron chi connectivity index (χ1n) is 28.5. The number of oxazole rings is 2. The van der Waals surface area contributed by atoms with Crippen molar-refractivity contribution in [3.63, 3.8) is 0 Å². The topological polar surface area (TPSA) is 390 Å². The summed E-state index contributed by atoms with van der Waals surface area (Å²) < 4.78 is 69.0. The molecule has 10 rings (SSSR count). The number of amides is 2. The van der Waals surface area contributed by atoms with Crippen LogP contribution in [0.3, 0.4) is 0 Å². The van der Waals surface area contributed by atoms with E-state index < -0.39 is 94.3 Å². The summed E-state index contributed by atoms with van der Waals surface area (Å²) in [5, 5.41) is 45.4. The maximum atomic E-state index is 14.1. The Kier molecular flexibility index (Phi) is 29.1. The number of carbonyl (C=O) groups excluding carboxylic acids is 4. The molecular formula is C60H65F3K2N8O21S2. The third kappa shape index (κ3) is 18.0. The fourth-order valence-corrected chi connectivity index (χ4v) is 12.7. The molecule has 0 radical (unpaired) electrons. The van der Waals surface area contributed by atoms with Crippen molar-refractivity contribution in [3.8, 4) is 21.5 Å². The Hall–Kier alpha value is -6.50. The van der Waals surface area contributed by atoms with Gasteiger partial charge in [0.25, 0.3) is 17.6 Å². The summed E-state index contributed by atoms with van der Waals surface area (Å²) >= 11 is 2.14. The average Bonchev–Trinajstić information content (AvgIpc) is 1.65. The van der Waals surface area contributed by atoms with Crippen molar-refractivity contribution in [2.75, 3.05) is 33.3 Å². The van der Waals surface area contributed by atoms with E-state index in [0.717, 1.165) is 34.4 Å². The Labute approximate surface area is 636 Å². The first kappa shape index (κ1) is 80.2. The summed E-state index contributed by atoms with van der Waals surface area (Å²) in [6.45, 7) is 8.11. The standard InChI is InChI=1S/C30H29F3N4O9S.C28H30N4O8S.CH2O3.CH4O.2K.H/c1-16-20-23(38)37(29(2,3)25(39)40)27(42)36(24(20)47-21(16)22-34-11-14-44-22)15-19(17-7-5-4-6-8-17)46-28(43)35-12-9-18(10-13-35)45-26(41)30(31,32)33;1-16-20-23(34)32(28(2,3)25(35)36)26(37)31(24(20)41-21(16)22-29-11-14-39-22)15-19(17-7-5-4-6-8-17)40-27(38)30-12-9-18(33)10-13-30;2-1-4-3;1-2;;;/h4-8,11,14,18-19H,9-10,12-13,15H2,1-3H3,(H,39,40);4-8,11,14,18-19,33H,9-10,12-13,15H2,1-3H3,(H,35,36);1,3H;2H,1H3;;;/q;;;;2*+1;-1/p-1/t2*19-;;;;;/m00...../s1. The summed E-state index contributed by atoms with van der Waals surface area (Å²) in [4.78, 5) is 142. The number of aromatic nitrogens is 6. The second kappa shape index (κ2) is 34.8. The number of hydrogen-bond donors (Lipinski definition) is 4. The van der Waals surface area contributed by atoms with Crippen LogP contribution in [0.25, 0.3) is 42.0 Å². The van der Waals surface area contributed by atoms with Crippen LogP contribution in [0.5, 0.6) is 0 Å². The number of carbonyl (C=O) groups is 6. The van der Waals surface area contributed by atoms with Gasteiger partial charge < -0.3 is 64.8 Å². The summed E-state index contributed by atoms with van der Waals surface area (Å²) in [6, 6.07) is 17.3. The maximum absolute atomic E-state index is 14.1. The molecule has 8 heterocycles. The number of carboxylic acids is 2. The number of aliphatic hydroxyl groups excluding tert-OH is 2. The van der Waals surface area contributed by atoms with E-state index in [2.05, 4.69) is 19.6 Å². The number of hydrogen-bond acceptors (Lipinski definition) is 23. The van der Waals surface area contributed by atoms with Crippen molar-refractivity contribution >= 4 is 79.7 Å². The van der Waals surface area contributed by atoms with Gasteiger partial charge in [0.05, 0.1) is 52.1 Å². The van der Waals surface area contributed by atoms with Crippen LogP contribution < -0.4 is 131 Å². The van der Waals surface area contributed by atoms with Gasteiger partial charge in [-0.2, -0.15) is 13.2 Å². The normalized spacial score (nSPS) is 14.2. The second-order valence-corrected chi connectivity index (χ2v) is 24.0. The Morgan fingerprint density at radius 2 is 1.02 bits per heavy atom. The van der Waals surface area contributed by atoms with Crippen LogP contribution >= 0.6 is 22.7 Å². The number of benzene rings is 2. The quantitative estimate of drug-likeness (QED) is 0.0246. The molecule has 506 valence electrons. The molecule has 2 aliphatic rings. The first-order valence-corrected chi connectivity index (χ1v) is 30.2. The predicted octanol–water partition coefficient (Wildman–Crippen LogP) is -0.0383. The first-order chi connectivity index (χ1) is 44.5. The van der Waals surface area contributed by atoms with E-state index in [1.54, 1.807) is 74.5 Å². The van der Waals surface area contributed by atoms with Gasteiger partial charge in [0.2, 0.25) is 11.8 Å². The van der Waals surface area contributed by atoms with E-state index in [1.165, 1.54) is 71.5 Å². The van der Waals surface area contributed by atoms with Gasteiger partial charge in [0.15, 0.2) is 0 Å². The summed E-state index contributed by atoms with van der Waals surface area (Å²) in [5.41, 5.74) is -5.28. The van der Waals surface area contributed by atoms with E-state index >= 15 is 0 Å². The number of nitrogens with zero attached hydrogens (tertiary/aromatic N) is 8. The molecule has 0 spiro atoms. The molecule has 2 atom stereocenters. The number of likely N-dealkylation sites (tertiary alicyclic amines) is 2. The number of alkyl halides is 3. The summed E-state index contributed by atoms with van der Waals surface area (Å²) in [5.74, 6) is -4.66. The van der Waals surface area contributed by atoms with Crippen LogP contribution in [-0.4, -0.2) is 147 Å². The third-order valence-electron chi connectivity index (χ3n) is 15.3. The zero-order valence-electron chi connectivity index (χ0n) is 54.3. The molecule has 36 heteroatoms. The minimum atomic E-state index is -5.14. The number of halogens is 3. The number of fused-ring (bicyclic) bond motifs is 2. The molecule has 4 N–H and O–H groups in total. The fourth-order valence-electron chi connectivity index (χ4n) is 10.2. The predicted molar refractivity (Wildman–Crippen MR) is 326 cm³/mol. The van der Waals surface area contributed by atoms with Crippen LogP contribution in [0.2, 0.25) is 0 Å². The average molecular weight is 1430 g/mol. The summed E-state index contributed by atoms with van der Waals surface area (Å²) in [7, 11) is 1.00.